The summed E-state index contributed by atoms with van der Waals surface area (Å²) >= 11 is 0. The van der Waals surface area contributed by atoms with Gasteiger partial charge in [-0.05, 0) is 111 Å². The molecule has 38 heavy (non-hydrogen) atoms. The first-order valence-corrected chi connectivity index (χ1v) is 15.3. The first-order valence-electron chi connectivity index (χ1n) is 15.3. The van der Waals surface area contributed by atoms with Crippen molar-refractivity contribution in [3.05, 3.63) is 0 Å². The van der Waals surface area contributed by atoms with E-state index in [0.717, 1.165) is 51.4 Å². The minimum Gasteiger partial charge on any atom is -0.480 e. The molecular formula is C31H51NO6. The van der Waals surface area contributed by atoms with Crippen LogP contribution in [0.25, 0.3) is 0 Å². The highest BCUT2D eigenvalue weighted by atomic mass is 16.5. The number of ether oxygens (including phenoxy) is 1. The fourth-order valence-electron chi connectivity index (χ4n) is 9.52. The molecule has 0 heterocycles. The molecule has 4 saturated carbocycles. The van der Waals surface area contributed by atoms with Gasteiger partial charge in [-0.2, -0.15) is 0 Å². The van der Waals surface area contributed by atoms with Crippen LogP contribution in [0.1, 0.15) is 105 Å². The lowest BCUT2D eigenvalue weighted by atomic mass is 9.43. The van der Waals surface area contributed by atoms with Crippen LogP contribution < -0.4 is 5.32 Å². The molecule has 0 saturated heterocycles. The fraction of sp³-hybridized carbons (Fsp3) is 0.903. The lowest BCUT2D eigenvalue weighted by Gasteiger charge is -2.62. The van der Waals surface area contributed by atoms with Crippen LogP contribution in [0.15, 0.2) is 0 Å². The number of hydrogen-bond donors (Lipinski definition) is 3. The van der Waals surface area contributed by atoms with Crippen LogP contribution in [0, 0.1) is 52.3 Å². The van der Waals surface area contributed by atoms with Gasteiger partial charge in [0.1, 0.15) is 12.6 Å². The Kier molecular flexibility index (Phi) is 8.86. The van der Waals surface area contributed by atoms with Gasteiger partial charge in [0.05, 0.1) is 12.0 Å². The number of hydrogen-bond acceptors (Lipinski definition) is 5. The largest absolute Gasteiger partial charge is 0.480 e. The van der Waals surface area contributed by atoms with Gasteiger partial charge in [0.2, 0.25) is 5.91 Å². The number of nitrogens with one attached hydrogen (secondary N) is 1. The summed E-state index contributed by atoms with van der Waals surface area (Å²) in [5, 5.41) is 23.1. The van der Waals surface area contributed by atoms with E-state index in [2.05, 4.69) is 26.1 Å². The summed E-state index contributed by atoms with van der Waals surface area (Å²) in [5.74, 6) is 1.53. The molecular weight excluding hydrogens is 482 g/mol. The fourth-order valence-corrected chi connectivity index (χ4v) is 9.52. The maximum atomic E-state index is 12.4. The molecule has 0 aliphatic heterocycles. The Hall–Kier alpha value is -1.63. The van der Waals surface area contributed by atoms with Gasteiger partial charge in [0, 0.05) is 6.42 Å². The number of carbonyl (C=O) groups is 3. The number of carboxylic acid groups (broad SMARTS) is 1. The second-order valence-corrected chi connectivity index (χ2v) is 13.8. The van der Waals surface area contributed by atoms with Crippen molar-refractivity contribution in [2.24, 2.45) is 52.3 Å². The highest BCUT2D eigenvalue weighted by Gasteiger charge is 2.63. The molecule has 0 bridgehead atoms. The quantitative estimate of drug-likeness (QED) is 0.352. The van der Waals surface area contributed by atoms with Gasteiger partial charge in [-0.1, -0.05) is 34.6 Å². The molecule has 3 N–H and O–H groups in total. The number of carboxylic acids is 1. The SMILES string of the molecule is CCC(C)C(=O)OC1CC[C@@]2(C)C(CCC3C2CC(O)[C@]2(C)C(C(C)CCC(=O)NCC(=O)O)CCC32)C1. The first-order chi connectivity index (χ1) is 17.9. The average molecular weight is 534 g/mol. The minimum absolute atomic E-state index is 0.0364. The molecule has 7 nitrogen and oxygen atoms in total. The second-order valence-electron chi connectivity index (χ2n) is 13.8. The van der Waals surface area contributed by atoms with Crippen LogP contribution in [0.5, 0.6) is 0 Å². The number of esters is 1. The van der Waals surface area contributed by atoms with Gasteiger partial charge in [-0.25, -0.2) is 0 Å². The van der Waals surface area contributed by atoms with E-state index in [4.69, 9.17) is 9.84 Å². The summed E-state index contributed by atoms with van der Waals surface area (Å²) in [6.07, 6.45) is 9.97. The molecule has 9 unspecified atom stereocenters. The van der Waals surface area contributed by atoms with Crippen LogP contribution in [0.2, 0.25) is 0 Å². The van der Waals surface area contributed by atoms with Gasteiger partial charge in [-0.3, -0.25) is 14.4 Å². The van der Waals surface area contributed by atoms with Crippen LogP contribution in [0.3, 0.4) is 0 Å². The van der Waals surface area contributed by atoms with E-state index in [1.54, 1.807) is 0 Å². The first kappa shape index (κ1) is 29.4. The third kappa shape index (κ3) is 5.38. The molecule has 4 aliphatic rings. The average Bonchev–Trinajstić information content (AvgIpc) is 3.25. The van der Waals surface area contributed by atoms with E-state index in [0.29, 0.717) is 41.9 Å². The topological polar surface area (TPSA) is 113 Å². The molecule has 4 rings (SSSR count). The molecule has 0 spiro atoms. The van der Waals surface area contributed by atoms with Crippen molar-refractivity contribution in [2.75, 3.05) is 6.54 Å². The van der Waals surface area contributed by atoms with E-state index >= 15 is 0 Å². The van der Waals surface area contributed by atoms with Crippen molar-refractivity contribution in [2.45, 2.75) is 117 Å². The predicted molar refractivity (Wildman–Crippen MR) is 145 cm³/mol. The maximum absolute atomic E-state index is 12.4. The summed E-state index contributed by atoms with van der Waals surface area (Å²) in [4.78, 5) is 35.3. The summed E-state index contributed by atoms with van der Waals surface area (Å²) in [7, 11) is 0. The number of amides is 1. The smallest absolute Gasteiger partial charge is 0.322 e. The summed E-state index contributed by atoms with van der Waals surface area (Å²) in [6, 6.07) is 0. The standard InChI is InChI=1S/C31H51NO6/c1-6-18(2)29(37)38-21-13-14-30(4)20(15-21)8-9-22-24-11-10-23(31(24,5)26(33)16-25(22)30)19(3)7-12-27(34)32-17-28(35)36/h18-26,33H,6-17H2,1-5H3,(H,32,34)(H,35,36)/t18?,19?,20?,21?,22?,23?,24?,25?,26?,30-,31+/m0/s1. The van der Waals surface area contributed by atoms with Gasteiger partial charge in [0.25, 0.3) is 0 Å². The van der Waals surface area contributed by atoms with Crippen LogP contribution in [0.4, 0.5) is 0 Å². The van der Waals surface area contributed by atoms with E-state index < -0.39 is 5.97 Å². The number of carbonyl (C=O) groups excluding carboxylic acids is 2. The van der Waals surface area contributed by atoms with Crippen molar-refractivity contribution >= 4 is 17.8 Å². The molecule has 7 heteroatoms. The van der Waals surface area contributed by atoms with Crippen molar-refractivity contribution in [3.8, 4) is 0 Å². The third-order valence-corrected chi connectivity index (χ3v) is 12.0. The lowest BCUT2D eigenvalue weighted by Crippen LogP contribution is -2.59. The van der Waals surface area contributed by atoms with E-state index in [-0.39, 0.29) is 47.4 Å². The summed E-state index contributed by atoms with van der Waals surface area (Å²) in [5.41, 5.74) is 0.0563. The van der Waals surface area contributed by atoms with Gasteiger partial charge in [-0.15, -0.1) is 0 Å². The molecule has 4 aliphatic carbocycles. The number of rotatable bonds is 9. The molecule has 11 atom stereocenters. The van der Waals surface area contributed by atoms with Crippen molar-refractivity contribution in [1.29, 1.82) is 0 Å². The van der Waals surface area contributed by atoms with Crippen molar-refractivity contribution in [3.63, 3.8) is 0 Å². The molecule has 1 amide bonds. The van der Waals surface area contributed by atoms with Crippen LogP contribution in [-0.2, 0) is 19.1 Å². The predicted octanol–water partition coefficient (Wildman–Crippen LogP) is 5.19. The maximum Gasteiger partial charge on any atom is 0.322 e. The normalized spacial score (nSPS) is 41.7. The zero-order valence-corrected chi connectivity index (χ0v) is 24.2. The van der Waals surface area contributed by atoms with Gasteiger partial charge in [0.15, 0.2) is 0 Å². The Bertz CT molecular complexity index is 892. The summed E-state index contributed by atoms with van der Waals surface area (Å²) < 4.78 is 5.94. The Morgan fingerprint density at radius 3 is 2.45 bits per heavy atom. The van der Waals surface area contributed by atoms with Gasteiger partial charge >= 0.3 is 11.9 Å². The molecule has 4 fully saturated rings. The Morgan fingerprint density at radius 2 is 1.76 bits per heavy atom. The second kappa shape index (κ2) is 11.5. The number of aliphatic carboxylic acids is 1. The van der Waals surface area contributed by atoms with Crippen LogP contribution >= 0.6 is 0 Å². The zero-order valence-electron chi connectivity index (χ0n) is 24.2. The van der Waals surface area contributed by atoms with Gasteiger partial charge < -0.3 is 20.3 Å². The Balaban J connectivity index is 1.41. The molecule has 0 aromatic heterocycles. The molecule has 0 aromatic rings. The third-order valence-electron chi connectivity index (χ3n) is 12.0. The molecule has 216 valence electrons. The van der Waals surface area contributed by atoms with E-state index in [1.165, 1.54) is 12.8 Å². The highest BCUT2D eigenvalue weighted by Crippen LogP contribution is 2.68. The highest BCUT2D eigenvalue weighted by molar-refractivity contribution is 5.81. The Morgan fingerprint density at radius 1 is 1.03 bits per heavy atom. The van der Waals surface area contributed by atoms with E-state index in [9.17, 15) is 19.5 Å². The zero-order chi connectivity index (χ0) is 27.8. The minimum atomic E-state index is -1.03. The molecule has 0 aromatic carbocycles. The Labute approximate surface area is 228 Å². The van der Waals surface area contributed by atoms with Crippen LogP contribution in [-0.4, -0.2) is 46.8 Å². The van der Waals surface area contributed by atoms with Crippen molar-refractivity contribution < 1.29 is 29.3 Å². The monoisotopic (exact) mass is 533 g/mol. The number of aliphatic hydroxyl groups is 1. The van der Waals surface area contributed by atoms with E-state index in [1.807, 2.05) is 13.8 Å². The number of aliphatic hydroxyl groups excluding tert-OH is 1. The number of fused-ring (bicyclic) bond motifs is 5. The molecule has 0 radical (unpaired) electrons. The lowest BCUT2D eigenvalue weighted by molar-refractivity contribution is -0.183. The van der Waals surface area contributed by atoms with Crippen molar-refractivity contribution in [1.82, 2.24) is 5.32 Å². The summed E-state index contributed by atoms with van der Waals surface area (Å²) in [6.45, 7) is 10.6.